The van der Waals surface area contributed by atoms with Gasteiger partial charge in [-0.3, -0.25) is 5.32 Å². The molecule has 0 aliphatic carbocycles. The van der Waals surface area contributed by atoms with Crippen molar-refractivity contribution in [3.63, 3.8) is 0 Å². The van der Waals surface area contributed by atoms with Gasteiger partial charge in [0, 0.05) is 18.7 Å². The molecule has 2 aromatic carbocycles. The van der Waals surface area contributed by atoms with Crippen molar-refractivity contribution in [2.45, 2.75) is 19.1 Å². The van der Waals surface area contributed by atoms with Crippen LogP contribution in [0.4, 0.5) is 5.69 Å². The molecular weight excluding hydrogens is 236 g/mol. The third-order valence-electron chi connectivity index (χ3n) is 3.05. The van der Waals surface area contributed by atoms with Crippen molar-refractivity contribution >= 4 is 5.69 Å². The van der Waals surface area contributed by atoms with Gasteiger partial charge in [0.05, 0.1) is 0 Å². The van der Waals surface area contributed by atoms with Gasteiger partial charge in [0.1, 0.15) is 6.23 Å². The lowest BCUT2D eigenvalue weighted by Crippen LogP contribution is -2.32. The van der Waals surface area contributed by atoms with E-state index in [4.69, 9.17) is 5.73 Å². The zero-order valence-corrected chi connectivity index (χ0v) is 10.9. The summed E-state index contributed by atoms with van der Waals surface area (Å²) in [6.07, 6.45) is 1.01. The number of anilines is 1. The Balaban J connectivity index is 1.72. The Labute approximate surface area is 114 Å². The fourth-order valence-electron chi connectivity index (χ4n) is 1.98. The fourth-order valence-corrected chi connectivity index (χ4v) is 1.98. The smallest absolute Gasteiger partial charge is 0.108 e. The standard InChI is InChI=1S/C16H20N2O/c17-15-8-6-13(7-9-15)10-11-18-16(19)12-14-4-2-1-3-5-14/h1-9,16,18-19H,10-12,17H2. The average molecular weight is 256 g/mol. The Morgan fingerprint density at radius 2 is 1.63 bits per heavy atom. The molecule has 0 fully saturated rings. The normalized spacial score (nSPS) is 12.3. The number of hydrogen-bond donors (Lipinski definition) is 3. The van der Waals surface area contributed by atoms with Crippen molar-refractivity contribution in [3.8, 4) is 0 Å². The van der Waals surface area contributed by atoms with Crippen molar-refractivity contribution in [2.75, 3.05) is 12.3 Å². The molecule has 3 heteroatoms. The second-order valence-electron chi connectivity index (χ2n) is 4.65. The van der Waals surface area contributed by atoms with Crippen molar-refractivity contribution in [1.29, 1.82) is 0 Å². The lowest BCUT2D eigenvalue weighted by Gasteiger charge is -2.13. The Hall–Kier alpha value is -1.84. The Morgan fingerprint density at radius 1 is 0.947 bits per heavy atom. The summed E-state index contributed by atoms with van der Waals surface area (Å²) in [7, 11) is 0. The Morgan fingerprint density at radius 3 is 2.32 bits per heavy atom. The van der Waals surface area contributed by atoms with Crippen molar-refractivity contribution in [2.24, 2.45) is 0 Å². The first-order valence-corrected chi connectivity index (χ1v) is 6.54. The first kappa shape index (κ1) is 13.6. The highest BCUT2D eigenvalue weighted by molar-refractivity contribution is 5.39. The molecule has 0 aliphatic rings. The summed E-state index contributed by atoms with van der Waals surface area (Å²) in [6, 6.07) is 17.8. The molecule has 0 spiro atoms. The summed E-state index contributed by atoms with van der Waals surface area (Å²) >= 11 is 0. The van der Waals surface area contributed by atoms with E-state index in [0.717, 1.165) is 24.2 Å². The third kappa shape index (κ3) is 4.73. The van der Waals surface area contributed by atoms with Crippen LogP contribution in [-0.2, 0) is 12.8 Å². The van der Waals surface area contributed by atoms with E-state index in [-0.39, 0.29) is 0 Å². The Bertz CT molecular complexity index is 482. The number of nitrogens with two attached hydrogens (primary N) is 1. The molecule has 0 amide bonds. The SMILES string of the molecule is Nc1ccc(CCNC(O)Cc2ccccc2)cc1. The number of nitrogen functional groups attached to an aromatic ring is 1. The first-order valence-electron chi connectivity index (χ1n) is 6.54. The summed E-state index contributed by atoms with van der Waals surface area (Å²) in [5, 5.41) is 13.0. The van der Waals surface area contributed by atoms with E-state index >= 15 is 0 Å². The monoisotopic (exact) mass is 256 g/mol. The molecule has 3 nitrogen and oxygen atoms in total. The summed E-state index contributed by atoms with van der Waals surface area (Å²) in [4.78, 5) is 0. The largest absolute Gasteiger partial charge is 0.399 e. The van der Waals surface area contributed by atoms with Gasteiger partial charge < -0.3 is 10.8 Å². The highest BCUT2D eigenvalue weighted by Gasteiger charge is 2.03. The zero-order valence-electron chi connectivity index (χ0n) is 10.9. The van der Waals surface area contributed by atoms with Crippen LogP contribution in [0.3, 0.4) is 0 Å². The van der Waals surface area contributed by atoms with E-state index in [1.54, 1.807) is 0 Å². The van der Waals surface area contributed by atoms with Crippen LogP contribution in [-0.4, -0.2) is 17.9 Å². The quantitative estimate of drug-likeness (QED) is 0.547. The molecule has 2 aromatic rings. The maximum absolute atomic E-state index is 9.89. The fraction of sp³-hybridized carbons (Fsp3) is 0.250. The highest BCUT2D eigenvalue weighted by atomic mass is 16.3. The molecule has 0 bridgehead atoms. The molecule has 0 aromatic heterocycles. The summed E-state index contributed by atoms with van der Waals surface area (Å²) in [5.74, 6) is 0. The lowest BCUT2D eigenvalue weighted by atomic mass is 10.1. The van der Waals surface area contributed by atoms with Crippen LogP contribution in [0, 0.1) is 0 Å². The van der Waals surface area contributed by atoms with E-state index < -0.39 is 6.23 Å². The molecular formula is C16H20N2O. The number of benzene rings is 2. The summed E-state index contributed by atoms with van der Waals surface area (Å²) < 4.78 is 0. The molecule has 4 N–H and O–H groups in total. The molecule has 0 radical (unpaired) electrons. The number of nitrogens with one attached hydrogen (secondary N) is 1. The zero-order chi connectivity index (χ0) is 13.5. The molecule has 1 atom stereocenters. The molecule has 0 aliphatic heterocycles. The predicted molar refractivity (Wildman–Crippen MR) is 78.7 cm³/mol. The minimum atomic E-state index is -0.504. The average Bonchev–Trinajstić information content (AvgIpc) is 2.42. The van der Waals surface area contributed by atoms with E-state index in [1.807, 2.05) is 54.6 Å². The maximum atomic E-state index is 9.89. The minimum absolute atomic E-state index is 0.504. The van der Waals surface area contributed by atoms with Gasteiger partial charge >= 0.3 is 0 Å². The summed E-state index contributed by atoms with van der Waals surface area (Å²) in [5.41, 5.74) is 8.76. The van der Waals surface area contributed by atoms with Gasteiger partial charge in [-0.25, -0.2) is 0 Å². The minimum Gasteiger partial charge on any atom is -0.399 e. The number of aliphatic hydroxyl groups is 1. The van der Waals surface area contributed by atoms with E-state index in [1.165, 1.54) is 5.56 Å². The van der Waals surface area contributed by atoms with Gasteiger partial charge in [0.15, 0.2) is 0 Å². The molecule has 100 valence electrons. The van der Waals surface area contributed by atoms with Crippen molar-refractivity contribution in [3.05, 3.63) is 65.7 Å². The van der Waals surface area contributed by atoms with Gasteiger partial charge in [0.25, 0.3) is 0 Å². The van der Waals surface area contributed by atoms with Gasteiger partial charge in [-0.05, 0) is 29.7 Å². The van der Waals surface area contributed by atoms with Crippen LogP contribution in [0.15, 0.2) is 54.6 Å². The second-order valence-corrected chi connectivity index (χ2v) is 4.65. The third-order valence-corrected chi connectivity index (χ3v) is 3.05. The lowest BCUT2D eigenvalue weighted by molar-refractivity contribution is 0.138. The van der Waals surface area contributed by atoms with Crippen LogP contribution in [0.25, 0.3) is 0 Å². The summed E-state index contributed by atoms with van der Waals surface area (Å²) in [6.45, 7) is 0.748. The van der Waals surface area contributed by atoms with E-state index in [2.05, 4.69) is 5.32 Å². The van der Waals surface area contributed by atoms with Crippen LogP contribution >= 0.6 is 0 Å². The van der Waals surface area contributed by atoms with Crippen LogP contribution in [0.1, 0.15) is 11.1 Å². The number of aliphatic hydroxyl groups excluding tert-OH is 1. The van der Waals surface area contributed by atoms with Crippen LogP contribution in [0.2, 0.25) is 0 Å². The predicted octanol–water partition coefficient (Wildman–Crippen LogP) is 1.96. The second kappa shape index (κ2) is 6.92. The van der Waals surface area contributed by atoms with Gasteiger partial charge in [0.2, 0.25) is 0 Å². The van der Waals surface area contributed by atoms with Crippen molar-refractivity contribution in [1.82, 2.24) is 5.32 Å². The van der Waals surface area contributed by atoms with E-state index in [0.29, 0.717) is 6.42 Å². The molecule has 0 saturated heterocycles. The topological polar surface area (TPSA) is 58.3 Å². The molecule has 2 rings (SSSR count). The number of rotatable bonds is 6. The molecule has 1 unspecified atom stereocenters. The van der Waals surface area contributed by atoms with Crippen LogP contribution < -0.4 is 11.1 Å². The first-order chi connectivity index (χ1) is 9.24. The van der Waals surface area contributed by atoms with Gasteiger partial charge in [-0.15, -0.1) is 0 Å². The van der Waals surface area contributed by atoms with Crippen LogP contribution in [0.5, 0.6) is 0 Å². The maximum Gasteiger partial charge on any atom is 0.108 e. The van der Waals surface area contributed by atoms with Gasteiger partial charge in [-0.1, -0.05) is 42.5 Å². The van der Waals surface area contributed by atoms with Gasteiger partial charge in [-0.2, -0.15) is 0 Å². The molecule has 0 saturated carbocycles. The van der Waals surface area contributed by atoms with E-state index in [9.17, 15) is 5.11 Å². The highest BCUT2D eigenvalue weighted by Crippen LogP contribution is 2.06. The van der Waals surface area contributed by atoms with Crippen molar-refractivity contribution < 1.29 is 5.11 Å². The number of hydrogen-bond acceptors (Lipinski definition) is 3. The molecule has 19 heavy (non-hydrogen) atoms. The molecule has 0 heterocycles. The Kier molecular flexibility index (Phi) is 4.95.